The van der Waals surface area contributed by atoms with E-state index in [2.05, 4.69) is 10.6 Å². The second kappa shape index (κ2) is 5.85. The van der Waals surface area contributed by atoms with Gasteiger partial charge in [0.1, 0.15) is 11.6 Å². The molecular formula is C16H20N2O3. The van der Waals surface area contributed by atoms with Gasteiger partial charge in [0.2, 0.25) is 11.8 Å². The molecule has 2 fully saturated rings. The van der Waals surface area contributed by atoms with Crippen molar-refractivity contribution in [3.05, 3.63) is 35.9 Å². The molecule has 1 aliphatic carbocycles. The highest BCUT2D eigenvalue weighted by Gasteiger charge is 2.47. The van der Waals surface area contributed by atoms with Crippen LogP contribution in [-0.2, 0) is 20.9 Å². The summed E-state index contributed by atoms with van der Waals surface area (Å²) in [7, 11) is 0. The van der Waals surface area contributed by atoms with Crippen molar-refractivity contribution in [2.24, 2.45) is 0 Å². The maximum absolute atomic E-state index is 12.2. The summed E-state index contributed by atoms with van der Waals surface area (Å²) >= 11 is 0. The van der Waals surface area contributed by atoms with Gasteiger partial charge >= 0.3 is 0 Å². The third-order valence-electron chi connectivity index (χ3n) is 4.27. The lowest BCUT2D eigenvalue weighted by molar-refractivity contribution is -0.143. The number of carbonyl (C=O) groups is 2. The molecule has 0 aromatic heterocycles. The van der Waals surface area contributed by atoms with Gasteiger partial charge in [-0.25, -0.2) is 0 Å². The highest BCUT2D eigenvalue weighted by atomic mass is 16.5. The van der Waals surface area contributed by atoms with Gasteiger partial charge in [0.05, 0.1) is 13.2 Å². The van der Waals surface area contributed by atoms with E-state index in [0.29, 0.717) is 6.61 Å². The van der Waals surface area contributed by atoms with Crippen LogP contribution in [0, 0.1) is 0 Å². The van der Waals surface area contributed by atoms with Gasteiger partial charge in [-0.2, -0.15) is 0 Å². The Morgan fingerprint density at radius 1 is 1.14 bits per heavy atom. The molecule has 1 saturated carbocycles. The molecule has 1 aliphatic heterocycles. The van der Waals surface area contributed by atoms with Gasteiger partial charge < -0.3 is 15.4 Å². The fraction of sp³-hybridized carbons (Fsp3) is 0.500. The van der Waals surface area contributed by atoms with Gasteiger partial charge in [-0.1, -0.05) is 43.2 Å². The summed E-state index contributed by atoms with van der Waals surface area (Å²) in [4.78, 5) is 24.4. The molecule has 2 amide bonds. The van der Waals surface area contributed by atoms with E-state index in [1.165, 1.54) is 0 Å². The number of piperazine rings is 1. The van der Waals surface area contributed by atoms with E-state index in [0.717, 1.165) is 31.2 Å². The van der Waals surface area contributed by atoms with Crippen molar-refractivity contribution in [2.45, 2.75) is 43.9 Å². The number of hydrogen-bond acceptors (Lipinski definition) is 3. The quantitative estimate of drug-likeness (QED) is 0.873. The zero-order valence-corrected chi connectivity index (χ0v) is 11.9. The van der Waals surface area contributed by atoms with Crippen LogP contribution in [0.4, 0.5) is 0 Å². The average molecular weight is 288 g/mol. The maximum Gasteiger partial charge on any atom is 0.246 e. The van der Waals surface area contributed by atoms with Crippen LogP contribution in [0.5, 0.6) is 0 Å². The summed E-state index contributed by atoms with van der Waals surface area (Å²) in [6, 6.07) is 9.17. The molecule has 2 aliphatic rings. The molecule has 1 heterocycles. The van der Waals surface area contributed by atoms with Crippen molar-refractivity contribution >= 4 is 11.8 Å². The van der Waals surface area contributed by atoms with Gasteiger partial charge in [0.25, 0.3) is 0 Å². The molecule has 0 unspecified atom stereocenters. The summed E-state index contributed by atoms with van der Waals surface area (Å²) in [5.41, 5.74) is 0.389. The first-order valence-electron chi connectivity index (χ1n) is 7.44. The van der Waals surface area contributed by atoms with Gasteiger partial charge in [0.15, 0.2) is 0 Å². The zero-order valence-electron chi connectivity index (χ0n) is 11.9. The Kier molecular flexibility index (Phi) is 3.92. The Morgan fingerprint density at radius 3 is 2.57 bits per heavy atom. The number of carbonyl (C=O) groups excluding carboxylic acids is 2. The topological polar surface area (TPSA) is 67.4 Å². The van der Waals surface area contributed by atoms with Crippen LogP contribution in [-0.4, -0.2) is 30.0 Å². The van der Waals surface area contributed by atoms with Crippen LogP contribution in [0.2, 0.25) is 0 Å². The Balaban J connectivity index is 1.53. The molecule has 0 radical (unpaired) electrons. The van der Waals surface area contributed by atoms with Crippen molar-refractivity contribution in [1.29, 1.82) is 0 Å². The van der Waals surface area contributed by atoms with Crippen molar-refractivity contribution in [1.82, 2.24) is 10.6 Å². The van der Waals surface area contributed by atoms with Gasteiger partial charge in [-0.3, -0.25) is 9.59 Å². The molecule has 1 atom stereocenters. The molecule has 2 N–H and O–H groups in total. The molecule has 1 saturated heterocycles. The van der Waals surface area contributed by atoms with Crippen LogP contribution >= 0.6 is 0 Å². The molecule has 21 heavy (non-hydrogen) atoms. The van der Waals surface area contributed by atoms with Crippen molar-refractivity contribution in [3.8, 4) is 0 Å². The highest BCUT2D eigenvalue weighted by molar-refractivity contribution is 6.00. The molecule has 3 rings (SSSR count). The first-order valence-corrected chi connectivity index (χ1v) is 7.44. The van der Waals surface area contributed by atoms with Crippen molar-refractivity contribution < 1.29 is 14.3 Å². The lowest BCUT2D eigenvalue weighted by Gasteiger charge is -2.37. The smallest absolute Gasteiger partial charge is 0.246 e. The standard InChI is InChI=1S/C16H20N2O3/c19-14-13(11-21-10-12-6-2-1-3-7-12)17-15(20)16(18-14)8-4-5-9-16/h1-3,6-7,13H,4-5,8-11H2,(H,17,20)(H,18,19)/t13-/m0/s1. The molecule has 112 valence electrons. The predicted molar refractivity (Wildman–Crippen MR) is 77.4 cm³/mol. The Hall–Kier alpha value is -1.88. The minimum atomic E-state index is -0.660. The van der Waals surface area contributed by atoms with Crippen molar-refractivity contribution in [2.75, 3.05) is 6.61 Å². The fourth-order valence-electron chi connectivity index (χ4n) is 3.06. The fourth-order valence-corrected chi connectivity index (χ4v) is 3.06. The Morgan fingerprint density at radius 2 is 1.86 bits per heavy atom. The number of nitrogens with one attached hydrogen (secondary N) is 2. The number of ether oxygens (including phenoxy) is 1. The Labute approximate surface area is 124 Å². The average Bonchev–Trinajstić information content (AvgIpc) is 2.95. The third kappa shape index (κ3) is 2.93. The van der Waals surface area contributed by atoms with E-state index in [4.69, 9.17) is 4.74 Å². The largest absolute Gasteiger partial charge is 0.374 e. The number of hydrogen-bond donors (Lipinski definition) is 2. The summed E-state index contributed by atoms with van der Waals surface area (Å²) in [6.07, 6.45) is 3.45. The minimum absolute atomic E-state index is 0.0621. The predicted octanol–water partition coefficient (Wildman–Crippen LogP) is 1.13. The molecule has 1 aromatic carbocycles. The van der Waals surface area contributed by atoms with Crippen molar-refractivity contribution in [3.63, 3.8) is 0 Å². The molecule has 0 bridgehead atoms. The van der Waals surface area contributed by atoms with Gasteiger partial charge in [-0.15, -0.1) is 0 Å². The van der Waals surface area contributed by atoms with E-state index in [-0.39, 0.29) is 18.4 Å². The van der Waals surface area contributed by atoms with E-state index in [1.807, 2.05) is 30.3 Å². The van der Waals surface area contributed by atoms with Crippen LogP contribution < -0.4 is 10.6 Å². The highest BCUT2D eigenvalue weighted by Crippen LogP contribution is 2.31. The first-order chi connectivity index (χ1) is 10.2. The van der Waals surface area contributed by atoms with Gasteiger partial charge in [-0.05, 0) is 18.4 Å². The van der Waals surface area contributed by atoms with Crippen LogP contribution in [0.3, 0.4) is 0 Å². The van der Waals surface area contributed by atoms with E-state index < -0.39 is 11.6 Å². The third-order valence-corrected chi connectivity index (χ3v) is 4.27. The number of rotatable bonds is 4. The lowest BCUT2D eigenvalue weighted by atomic mass is 9.92. The zero-order chi connectivity index (χ0) is 14.7. The molecule has 1 spiro atoms. The molecule has 5 heteroatoms. The van der Waals surface area contributed by atoms with E-state index >= 15 is 0 Å². The van der Waals surface area contributed by atoms with Gasteiger partial charge in [0, 0.05) is 0 Å². The molecule has 5 nitrogen and oxygen atoms in total. The summed E-state index contributed by atoms with van der Waals surface area (Å²) in [6.45, 7) is 0.633. The normalized spacial score (nSPS) is 23.9. The van der Waals surface area contributed by atoms with Crippen LogP contribution in [0.15, 0.2) is 30.3 Å². The SMILES string of the molecule is O=C1NC2(CCCC2)C(=O)N[C@H]1COCc1ccccc1. The second-order valence-electron chi connectivity index (χ2n) is 5.81. The van der Waals surface area contributed by atoms with E-state index in [1.54, 1.807) is 0 Å². The van der Waals surface area contributed by atoms with Crippen LogP contribution in [0.1, 0.15) is 31.2 Å². The second-order valence-corrected chi connectivity index (χ2v) is 5.81. The number of amides is 2. The van der Waals surface area contributed by atoms with E-state index in [9.17, 15) is 9.59 Å². The molecule has 1 aromatic rings. The summed E-state index contributed by atoms with van der Waals surface area (Å²) < 4.78 is 5.55. The molecular weight excluding hydrogens is 268 g/mol. The monoisotopic (exact) mass is 288 g/mol. The first kappa shape index (κ1) is 14.1. The number of benzene rings is 1. The lowest BCUT2D eigenvalue weighted by Crippen LogP contribution is -2.69. The summed E-state index contributed by atoms with van der Waals surface area (Å²) in [5, 5.41) is 5.72. The maximum atomic E-state index is 12.2. The summed E-state index contributed by atoms with van der Waals surface area (Å²) in [5.74, 6) is -0.197. The van der Waals surface area contributed by atoms with Crippen LogP contribution in [0.25, 0.3) is 0 Å². The minimum Gasteiger partial charge on any atom is -0.374 e. The Bertz CT molecular complexity index is 524.